The van der Waals surface area contributed by atoms with Crippen molar-refractivity contribution in [2.24, 2.45) is 0 Å². The Morgan fingerprint density at radius 3 is 2.84 bits per heavy atom. The highest BCUT2D eigenvalue weighted by molar-refractivity contribution is 6.30. The zero-order chi connectivity index (χ0) is 13.7. The maximum atomic E-state index is 10.4. The van der Waals surface area contributed by atoms with Gasteiger partial charge in [0.15, 0.2) is 0 Å². The number of benzene rings is 1. The first kappa shape index (κ1) is 13.1. The van der Waals surface area contributed by atoms with E-state index in [0.29, 0.717) is 22.1 Å². The molecule has 0 aliphatic rings. The molecule has 0 saturated heterocycles. The minimum absolute atomic E-state index is 0.509. The molecule has 0 amide bonds. The van der Waals surface area contributed by atoms with Gasteiger partial charge in [-0.15, -0.1) is 0 Å². The van der Waals surface area contributed by atoms with Crippen LogP contribution in [-0.4, -0.2) is 16.1 Å². The maximum Gasteiger partial charge on any atom is 0.328 e. The third-order valence-corrected chi connectivity index (χ3v) is 2.42. The van der Waals surface area contributed by atoms with Crippen LogP contribution in [-0.2, 0) is 4.79 Å². The molecular formula is C14H10ClNO3. The summed E-state index contributed by atoms with van der Waals surface area (Å²) in [6.07, 6.45) is 5.57. The molecule has 0 fully saturated rings. The number of nitrogens with zero attached hydrogens (tertiary/aromatic N) is 1. The van der Waals surface area contributed by atoms with Crippen molar-refractivity contribution in [2.45, 2.75) is 0 Å². The minimum Gasteiger partial charge on any atom is -0.478 e. The molecule has 1 N–H and O–H groups in total. The summed E-state index contributed by atoms with van der Waals surface area (Å²) < 4.78 is 5.58. The SMILES string of the molecule is O=C(O)/C=C/c1cncc(Oc2cccc(Cl)c2)c1. The summed E-state index contributed by atoms with van der Waals surface area (Å²) in [4.78, 5) is 14.4. The number of halogens is 1. The molecule has 1 aromatic carbocycles. The lowest BCUT2D eigenvalue weighted by Crippen LogP contribution is -1.88. The summed E-state index contributed by atoms with van der Waals surface area (Å²) in [5.41, 5.74) is 0.641. The molecule has 1 heterocycles. The summed E-state index contributed by atoms with van der Waals surface area (Å²) >= 11 is 5.85. The van der Waals surface area contributed by atoms with Gasteiger partial charge in [0.05, 0.1) is 6.20 Å². The second-order valence-electron chi connectivity index (χ2n) is 3.68. The topological polar surface area (TPSA) is 59.4 Å². The van der Waals surface area contributed by atoms with Gasteiger partial charge >= 0.3 is 5.97 Å². The second kappa shape index (κ2) is 6.02. The Morgan fingerprint density at radius 2 is 2.11 bits per heavy atom. The molecule has 0 radical (unpaired) electrons. The van der Waals surface area contributed by atoms with E-state index >= 15 is 0 Å². The van der Waals surface area contributed by atoms with Crippen LogP contribution < -0.4 is 4.74 Å². The van der Waals surface area contributed by atoms with Crippen molar-refractivity contribution < 1.29 is 14.6 Å². The minimum atomic E-state index is -1.01. The first-order valence-electron chi connectivity index (χ1n) is 5.43. The van der Waals surface area contributed by atoms with Crippen molar-refractivity contribution >= 4 is 23.6 Å². The molecule has 0 saturated carbocycles. The number of ether oxygens (including phenoxy) is 1. The first-order chi connectivity index (χ1) is 9.13. The highest BCUT2D eigenvalue weighted by Gasteiger charge is 2.00. The van der Waals surface area contributed by atoms with Crippen LogP contribution in [0, 0.1) is 0 Å². The number of carboxylic acids is 1. The number of carboxylic acid groups (broad SMARTS) is 1. The highest BCUT2D eigenvalue weighted by atomic mass is 35.5. The Hall–Kier alpha value is -2.33. The average Bonchev–Trinajstić information content (AvgIpc) is 2.37. The Kier molecular flexibility index (Phi) is 4.15. The lowest BCUT2D eigenvalue weighted by molar-refractivity contribution is -0.131. The molecule has 2 rings (SSSR count). The lowest BCUT2D eigenvalue weighted by Gasteiger charge is -2.05. The van der Waals surface area contributed by atoms with Gasteiger partial charge in [0.1, 0.15) is 11.5 Å². The quantitative estimate of drug-likeness (QED) is 0.866. The summed E-state index contributed by atoms with van der Waals surface area (Å²) in [5, 5.41) is 9.13. The van der Waals surface area contributed by atoms with Crippen LogP contribution in [0.25, 0.3) is 6.08 Å². The van der Waals surface area contributed by atoms with Crippen LogP contribution in [0.5, 0.6) is 11.5 Å². The van der Waals surface area contributed by atoms with E-state index in [4.69, 9.17) is 21.4 Å². The number of rotatable bonds is 4. The summed E-state index contributed by atoms with van der Waals surface area (Å²) in [5.74, 6) is 0.0876. The van der Waals surface area contributed by atoms with Crippen molar-refractivity contribution in [3.8, 4) is 11.5 Å². The van der Waals surface area contributed by atoms with E-state index < -0.39 is 5.97 Å². The number of aliphatic carboxylic acids is 1. The fourth-order valence-electron chi connectivity index (χ4n) is 1.42. The molecule has 4 nitrogen and oxygen atoms in total. The zero-order valence-electron chi connectivity index (χ0n) is 9.79. The van der Waals surface area contributed by atoms with Gasteiger partial charge < -0.3 is 9.84 Å². The van der Waals surface area contributed by atoms with Gasteiger partial charge in [-0.1, -0.05) is 17.7 Å². The standard InChI is InChI=1S/C14H10ClNO3/c15-11-2-1-3-12(7-11)19-13-6-10(8-16-9-13)4-5-14(17)18/h1-9H,(H,17,18)/b5-4+. The van der Waals surface area contributed by atoms with Gasteiger partial charge in [-0.25, -0.2) is 4.79 Å². The van der Waals surface area contributed by atoms with Crippen LogP contribution in [0.1, 0.15) is 5.56 Å². The monoisotopic (exact) mass is 275 g/mol. The van der Waals surface area contributed by atoms with Gasteiger partial charge in [0.2, 0.25) is 0 Å². The molecule has 2 aromatic rings. The van der Waals surface area contributed by atoms with Crippen LogP contribution in [0.4, 0.5) is 0 Å². The predicted octanol–water partition coefficient (Wildman–Crippen LogP) is 3.63. The second-order valence-corrected chi connectivity index (χ2v) is 4.12. The van der Waals surface area contributed by atoms with Crippen LogP contribution in [0.15, 0.2) is 48.8 Å². The van der Waals surface area contributed by atoms with Gasteiger partial charge in [0.25, 0.3) is 0 Å². The van der Waals surface area contributed by atoms with Gasteiger partial charge in [-0.3, -0.25) is 4.98 Å². The Labute approximate surface area is 114 Å². The molecule has 0 aliphatic heterocycles. The predicted molar refractivity (Wildman–Crippen MR) is 72.4 cm³/mol. The fraction of sp³-hybridized carbons (Fsp3) is 0. The number of carbonyl (C=O) groups is 1. The largest absolute Gasteiger partial charge is 0.478 e. The Balaban J connectivity index is 2.17. The summed E-state index contributed by atoms with van der Waals surface area (Å²) in [7, 11) is 0. The molecule has 0 bridgehead atoms. The van der Waals surface area contributed by atoms with Crippen LogP contribution >= 0.6 is 11.6 Å². The first-order valence-corrected chi connectivity index (χ1v) is 5.81. The van der Waals surface area contributed by atoms with E-state index in [9.17, 15) is 4.79 Å². The molecule has 0 aliphatic carbocycles. The Morgan fingerprint density at radius 1 is 1.26 bits per heavy atom. The molecule has 96 valence electrons. The van der Waals surface area contributed by atoms with E-state index in [2.05, 4.69) is 4.98 Å². The molecule has 1 aromatic heterocycles. The molecule has 19 heavy (non-hydrogen) atoms. The number of hydrogen-bond acceptors (Lipinski definition) is 3. The highest BCUT2D eigenvalue weighted by Crippen LogP contribution is 2.24. The normalized spacial score (nSPS) is 10.6. The van der Waals surface area contributed by atoms with Gasteiger partial charge in [0, 0.05) is 17.3 Å². The molecular weight excluding hydrogens is 266 g/mol. The zero-order valence-corrected chi connectivity index (χ0v) is 10.5. The fourth-order valence-corrected chi connectivity index (χ4v) is 1.60. The summed E-state index contributed by atoms with van der Waals surface area (Å²) in [6, 6.07) is 8.66. The maximum absolute atomic E-state index is 10.4. The van der Waals surface area contributed by atoms with Crippen LogP contribution in [0.2, 0.25) is 5.02 Å². The van der Waals surface area contributed by atoms with Crippen molar-refractivity contribution in [3.05, 3.63) is 59.4 Å². The van der Waals surface area contributed by atoms with Gasteiger partial charge in [-0.05, 0) is 35.9 Å². The molecule has 0 atom stereocenters. The van der Waals surface area contributed by atoms with E-state index in [1.807, 2.05) is 0 Å². The number of pyridine rings is 1. The van der Waals surface area contributed by atoms with Crippen LogP contribution in [0.3, 0.4) is 0 Å². The third-order valence-electron chi connectivity index (χ3n) is 2.18. The van der Waals surface area contributed by atoms with E-state index in [1.165, 1.54) is 6.08 Å². The van der Waals surface area contributed by atoms with Crippen molar-refractivity contribution in [2.75, 3.05) is 0 Å². The van der Waals surface area contributed by atoms with E-state index in [1.54, 1.807) is 42.7 Å². The molecule has 0 unspecified atom stereocenters. The third kappa shape index (κ3) is 4.12. The van der Waals surface area contributed by atoms with E-state index in [0.717, 1.165) is 6.08 Å². The van der Waals surface area contributed by atoms with E-state index in [-0.39, 0.29) is 0 Å². The smallest absolute Gasteiger partial charge is 0.328 e. The summed E-state index contributed by atoms with van der Waals surface area (Å²) in [6.45, 7) is 0. The molecule has 0 spiro atoms. The van der Waals surface area contributed by atoms with Gasteiger partial charge in [-0.2, -0.15) is 0 Å². The van der Waals surface area contributed by atoms with Crippen molar-refractivity contribution in [1.29, 1.82) is 0 Å². The molecule has 5 heteroatoms. The Bertz CT molecular complexity index is 626. The van der Waals surface area contributed by atoms with Crippen molar-refractivity contribution in [1.82, 2.24) is 4.98 Å². The average molecular weight is 276 g/mol. The number of hydrogen-bond donors (Lipinski definition) is 1. The lowest BCUT2D eigenvalue weighted by atomic mass is 10.2. The van der Waals surface area contributed by atoms with Crippen molar-refractivity contribution in [3.63, 3.8) is 0 Å². The number of aromatic nitrogens is 1.